The highest BCUT2D eigenvalue weighted by Crippen LogP contribution is 2.13. The highest BCUT2D eigenvalue weighted by atomic mass is 79.9. The van der Waals surface area contributed by atoms with Crippen LogP contribution in [0.1, 0.15) is 0 Å². The van der Waals surface area contributed by atoms with Crippen molar-refractivity contribution in [3.05, 3.63) is 39.0 Å². The molecule has 0 aliphatic heterocycles. The predicted molar refractivity (Wildman–Crippen MR) is 64.4 cm³/mol. The molecule has 0 radical (unpaired) electrons. The maximum Gasteiger partial charge on any atom is 0.269 e. The van der Waals surface area contributed by atoms with Gasteiger partial charge in [0.1, 0.15) is 11.0 Å². The number of hydrogen-bond donors (Lipinski definition) is 1. The molecule has 0 atom stereocenters. The lowest BCUT2D eigenvalue weighted by Crippen LogP contribution is -2.32. The van der Waals surface area contributed by atoms with Crippen LogP contribution in [0.2, 0.25) is 5.15 Å². The van der Waals surface area contributed by atoms with Crippen molar-refractivity contribution in [2.45, 2.75) is 6.54 Å². The minimum Gasteiger partial charge on any atom is -0.351 e. The zero-order valence-electron chi connectivity index (χ0n) is 8.24. The zero-order valence-corrected chi connectivity index (χ0v) is 10.6. The first kappa shape index (κ1) is 12.9. The molecule has 1 amide bonds. The molecule has 0 aromatic carbocycles. The van der Waals surface area contributed by atoms with E-state index in [2.05, 4.69) is 32.8 Å². The van der Waals surface area contributed by atoms with Gasteiger partial charge >= 0.3 is 0 Å². The third-order valence-corrected chi connectivity index (χ3v) is 2.93. The zero-order chi connectivity index (χ0) is 12.1. The van der Waals surface area contributed by atoms with Gasteiger partial charge in [0.15, 0.2) is 5.15 Å². The van der Waals surface area contributed by atoms with Crippen molar-refractivity contribution >= 4 is 33.4 Å². The second kappa shape index (κ2) is 5.81. The van der Waals surface area contributed by atoms with Crippen LogP contribution >= 0.6 is 27.5 Å². The Bertz CT molecular complexity index is 472. The molecule has 1 aromatic heterocycles. The van der Waals surface area contributed by atoms with Crippen LogP contribution in [0.5, 0.6) is 0 Å². The summed E-state index contributed by atoms with van der Waals surface area (Å²) in [6, 6.07) is 0. The fourth-order valence-corrected chi connectivity index (χ4v) is 1.41. The smallest absolute Gasteiger partial charge is 0.269 e. The van der Waals surface area contributed by atoms with E-state index in [1.165, 1.54) is 6.33 Å². The molecule has 5 nitrogen and oxygen atoms in total. The Morgan fingerprint density at radius 2 is 2.44 bits per heavy atom. The maximum atomic E-state index is 11.6. The highest BCUT2D eigenvalue weighted by molar-refractivity contribution is 9.10. The second-order valence-corrected chi connectivity index (χ2v) is 4.03. The van der Waals surface area contributed by atoms with Crippen molar-refractivity contribution in [1.29, 1.82) is 0 Å². The fourth-order valence-electron chi connectivity index (χ4n) is 0.953. The molecular formula is C9H9BrClN3O2. The van der Waals surface area contributed by atoms with Crippen LogP contribution in [-0.4, -0.2) is 22.0 Å². The van der Waals surface area contributed by atoms with Crippen LogP contribution in [0.4, 0.5) is 0 Å². The average Bonchev–Trinajstić information content (AvgIpc) is 2.27. The van der Waals surface area contributed by atoms with Crippen molar-refractivity contribution in [3.8, 4) is 0 Å². The van der Waals surface area contributed by atoms with Crippen LogP contribution in [0.25, 0.3) is 0 Å². The molecule has 1 rings (SSSR count). The molecule has 1 aromatic rings. The molecule has 0 unspecified atom stereocenters. The van der Waals surface area contributed by atoms with Gasteiger partial charge in [0.05, 0.1) is 6.33 Å². The number of hydrogen-bond acceptors (Lipinski definition) is 3. The molecule has 7 heteroatoms. The van der Waals surface area contributed by atoms with Crippen molar-refractivity contribution in [3.63, 3.8) is 0 Å². The number of amides is 1. The van der Waals surface area contributed by atoms with E-state index in [9.17, 15) is 9.59 Å². The fraction of sp³-hybridized carbons (Fsp3) is 0.222. The standard InChI is InChI=1S/C9H9BrClN3O2/c1-2-3-12-6(15)4-14-5-13-8(11)7(10)9(14)16/h2,5H,1,3-4H2,(H,12,15). The van der Waals surface area contributed by atoms with Crippen molar-refractivity contribution < 1.29 is 4.79 Å². The first-order valence-corrected chi connectivity index (χ1v) is 5.51. The Labute approximate surface area is 105 Å². The lowest BCUT2D eigenvalue weighted by atomic mass is 10.5. The molecule has 0 aliphatic carbocycles. The van der Waals surface area contributed by atoms with Gasteiger partial charge in [-0.25, -0.2) is 4.98 Å². The summed E-state index contributed by atoms with van der Waals surface area (Å²) in [6.45, 7) is 3.72. The molecule has 0 bridgehead atoms. The normalized spacial score (nSPS) is 9.88. The number of carbonyl (C=O) groups excluding carboxylic acids is 1. The van der Waals surface area contributed by atoms with E-state index in [4.69, 9.17) is 11.6 Å². The van der Waals surface area contributed by atoms with Gasteiger partial charge in [-0.05, 0) is 15.9 Å². The predicted octanol–water partition coefficient (Wildman–Crippen LogP) is 0.961. The lowest BCUT2D eigenvalue weighted by Gasteiger charge is -2.05. The number of rotatable bonds is 4. The van der Waals surface area contributed by atoms with Crippen molar-refractivity contribution in [2.75, 3.05) is 6.54 Å². The molecule has 0 aliphatic rings. The van der Waals surface area contributed by atoms with Crippen molar-refractivity contribution in [2.24, 2.45) is 0 Å². The Kier molecular flexibility index (Phi) is 4.70. The Morgan fingerprint density at radius 1 is 1.75 bits per heavy atom. The van der Waals surface area contributed by atoms with Gasteiger partial charge in [-0.15, -0.1) is 6.58 Å². The van der Waals surface area contributed by atoms with E-state index in [-0.39, 0.29) is 22.1 Å². The molecule has 0 spiro atoms. The average molecular weight is 307 g/mol. The summed E-state index contributed by atoms with van der Waals surface area (Å²) >= 11 is 8.62. The molecule has 0 saturated carbocycles. The van der Waals surface area contributed by atoms with Gasteiger partial charge in [0, 0.05) is 6.54 Å². The van der Waals surface area contributed by atoms with Gasteiger partial charge in [0.2, 0.25) is 5.91 Å². The van der Waals surface area contributed by atoms with Crippen LogP contribution in [0, 0.1) is 0 Å². The Hall–Kier alpha value is -1.14. The Balaban J connectivity index is 2.82. The van der Waals surface area contributed by atoms with E-state index in [0.29, 0.717) is 6.54 Å². The number of aromatic nitrogens is 2. The van der Waals surface area contributed by atoms with Crippen LogP contribution in [0.15, 0.2) is 28.2 Å². The van der Waals surface area contributed by atoms with Gasteiger partial charge in [-0.1, -0.05) is 17.7 Å². The third kappa shape index (κ3) is 3.18. The van der Waals surface area contributed by atoms with E-state index in [1.807, 2.05) is 0 Å². The largest absolute Gasteiger partial charge is 0.351 e. The number of carbonyl (C=O) groups is 1. The first-order valence-electron chi connectivity index (χ1n) is 4.34. The second-order valence-electron chi connectivity index (χ2n) is 2.88. The van der Waals surface area contributed by atoms with Crippen LogP contribution in [0.3, 0.4) is 0 Å². The molecule has 0 fully saturated rings. The number of nitrogens with one attached hydrogen (secondary N) is 1. The minimum atomic E-state index is -0.395. The van der Waals surface area contributed by atoms with Gasteiger partial charge in [-0.3, -0.25) is 14.2 Å². The van der Waals surface area contributed by atoms with Crippen LogP contribution < -0.4 is 10.9 Å². The summed E-state index contributed by atoms with van der Waals surface area (Å²) in [5.41, 5.74) is -0.395. The van der Waals surface area contributed by atoms with E-state index < -0.39 is 5.56 Å². The number of nitrogens with zero attached hydrogens (tertiary/aromatic N) is 2. The summed E-state index contributed by atoms with van der Waals surface area (Å²) in [5, 5.41) is 2.63. The SMILES string of the molecule is C=CCNC(=O)Cn1cnc(Cl)c(Br)c1=O. The minimum absolute atomic E-state index is 0.0766. The van der Waals surface area contributed by atoms with E-state index in [0.717, 1.165) is 4.57 Å². The molecule has 16 heavy (non-hydrogen) atoms. The summed E-state index contributed by atoms with van der Waals surface area (Å²) in [5.74, 6) is -0.293. The maximum absolute atomic E-state index is 11.6. The molecule has 1 heterocycles. The van der Waals surface area contributed by atoms with Gasteiger partial charge in [0.25, 0.3) is 5.56 Å². The monoisotopic (exact) mass is 305 g/mol. The molecule has 86 valence electrons. The van der Waals surface area contributed by atoms with E-state index >= 15 is 0 Å². The molecule has 1 N–H and O–H groups in total. The highest BCUT2D eigenvalue weighted by Gasteiger charge is 2.09. The topological polar surface area (TPSA) is 64.0 Å². The van der Waals surface area contributed by atoms with Crippen LogP contribution in [-0.2, 0) is 11.3 Å². The summed E-state index contributed by atoms with van der Waals surface area (Å²) in [6.07, 6.45) is 2.78. The Morgan fingerprint density at radius 3 is 3.06 bits per heavy atom. The number of halogens is 2. The third-order valence-electron chi connectivity index (χ3n) is 1.70. The first-order chi connectivity index (χ1) is 7.56. The quantitative estimate of drug-likeness (QED) is 0.666. The molecular weight excluding hydrogens is 297 g/mol. The summed E-state index contributed by atoms with van der Waals surface area (Å²) in [4.78, 5) is 26.7. The lowest BCUT2D eigenvalue weighted by molar-refractivity contribution is -0.121. The van der Waals surface area contributed by atoms with Crippen molar-refractivity contribution in [1.82, 2.24) is 14.9 Å². The van der Waals surface area contributed by atoms with Gasteiger partial charge < -0.3 is 5.32 Å². The van der Waals surface area contributed by atoms with Gasteiger partial charge in [-0.2, -0.15) is 0 Å². The molecule has 0 saturated heterocycles. The van der Waals surface area contributed by atoms with E-state index in [1.54, 1.807) is 6.08 Å². The summed E-state index contributed by atoms with van der Waals surface area (Å²) < 4.78 is 1.31. The summed E-state index contributed by atoms with van der Waals surface area (Å²) in [7, 11) is 0.